The predicted octanol–water partition coefficient (Wildman–Crippen LogP) is 5.80. The molecule has 1 heterocycles. The second kappa shape index (κ2) is 7.46. The first-order valence-electron chi connectivity index (χ1n) is 5.77. The van der Waals surface area contributed by atoms with Crippen LogP contribution in [0.5, 0.6) is 0 Å². The summed E-state index contributed by atoms with van der Waals surface area (Å²) in [4.78, 5) is 5.03. The molecule has 0 nitrogen and oxygen atoms in total. The van der Waals surface area contributed by atoms with Gasteiger partial charge in [0.1, 0.15) is 0 Å². The number of hydrogen-bond acceptors (Lipinski definition) is 2. The van der Waals surface area contributed by atoms with E-state index >= 15 is 0 Å². The highest BCUT2D eigenvalue weighted by Gasteiger charge is 2.16. The van der Waals surface area contributed by atoms with Crippen molar-refractivity contribution in [2.45, 2.75) is 20.3 Å². The lowest BCUT2D eigenvalue weighted by Gasteiger charge is -2.17. The number of rotatable bonds is 2. The average molecular weight is 262 g/mol. The molecule has 0 fully saturated rings. The van der Waals surface area contributed by atoms with E-state index in [1.54, 1.807) is 23.5 Å². The van der Waals surface area contributed by atoms with Crippen LogP contribution in [0.4, 0.5) is 0 Å². The Balaban J connectivity index is 0.000000686. The fourth-order valence-electron chi connectivity index (χ4n) is 1.38. The lowest BCUT2D eigenvalue weighted by atomic mass is 10.4. The van der Waals surface area contributed by atoms with Gasteiger partial charge in [-0.3, -0.25) is 0 Å². The van der Waals surface area contributed by atoms with Crippen molar-refractivity contribution in [2.75, 3.05) is 0 Å². The summed E-state index contributed by atoms with van der Waals surface area (Å²) in [5.74, 6) is 0. The third kappa shape index (κ3) is 3.55. The first kappa shape index (κ1) is 14.2. The minimum absolute atomic E-state index is 1.01. The highest BCUT2D eigenvalue weighted by atomic mass is 32.2. The maximum Gasteiger partial charge on any atom is 0.0259 e. The summed E-state index contributed by atoms with van der Waals surface area (Å²) < 4.78 is 0. The van der Waals surface area contributed by atoms with Crippen molar-refractivity contribution in [3.8, 4) is 0 Å². The van der Waals surface area contributed by atoms with Crippen LogP contribution in [-0.2, 0) is 0 Å². The molecule has 2 heteroatoms. The zero-order valence-corrected chi connectivity index (χ0v) is 12.0. The van der Waals surface area contributed by atoms with Gasteiger partial charge < -0.3 is 0 Å². The molecule has 0 saturated carbocycles. The summed E-state index contributed by atoms with van der Waals surface area (Å²) in [6, 6.07) is 0. The molecule has 0 atom stereocenters. The van der Waals surface area contributed by atoms with Crippen LogP contribution in [0.15, 0.2) is 69.2 Å². The second-order valence-corrected chi connectivity index (χ2v) is 5.28. The topological polar surface area (TPSA) is 0 Å². The zero-order chi connectivity index (χ0) is 12.7. The molecule has 90 valence electrons. The van der Waals surface area contributed by atoms with E-state index in [1.807, 2.05) is 26.0 Å². The summed E-state index contributed by atoms with van der Waals surface area (Å²) in [5.41, 5.74) is 0. The highest BCUT2D eigenvalue weighted by Crippen LogP contribution is 2.47. The van der Waals surface area contributed by atoms with Crippen LogP contribution in [0, 0.1) is 0 Å². The normalized spacial score (nSPS) is 18.0. The Hall–Kier alpha value is -0.860. The van der Waals surface area contributed by atoms with Gasteiger partial charge in [0.15, 0.2) is 0 Å². The van der Waals surface area contributed by atoms with Crippen LogP contribution in [0.25, 0.3) is 0 Å². The van der Waals surface area contributed by atoms with E-state index in [-0.39, 0.29) is 0 Å². The van der Waals surface area contributed by atoms with Gasteiger partial charge >= 0.3 is 0 Å². The summed E-state index contributed by atoms with van der Waals surface area (Å²) in [6.45, 7) is 11.7. The number of hydrogen-bond donors (Lipinski definition) is 0. The average Bonchev–Trinajstić information content (AvgIpc) is 2.63. The standard InChI is InChI=1S/C13H12S2.C2H6/c1-3-10-11(4-2)15-13-9-7-5-6-8-12(13)14-10;1-2/h3-4,6-9H,1-2,5H2;1-2H3. The van der Waals surface area contributed by atoms with Crippen molar-refractivity contribution in [3.05, 3.63) is 69.2 Å². The van der Waals surface area contributed by atoms with E-state index in [1.165, 1.54) is 19.6 Å². The molecule has 0 unspecified atom stereocenters. The molecule has 2 rings (SSSR count). The van der Waals surface area contributed by atoms with Crippen LogP contribution in [-0.4, -0.2) is 0 Å². The molecule has 0 bridgehead atoms. The summed E-state index contributed by atoms with van der Waals surface area (Å²) in [5, 5.41) is 0. The van der Waals surface area contributed by atoms with Crippen LogP contribution < -0.4 is 0 Å². The van der Waals surface area contributed by atoms with E-state index in [9.17, 15) is 0 Å². The number of allylic oxidation sites excluding steroid dienone is 6. The van der Waals surface area contributed by atoms with Gasteiger partial charge in [-0.1, -0.05) is 87.0 Å². The minimum Gasteiger partial charge on any atom is -0.0979 e. The van der Waals surface area contributed by atoms with Crippen LogP contribution >= 0.6 is 23.5 Å². The van der Waals surface area contributed by atoms with Gasteiger partial charge in [0, 0.05) is 19.6 Å². The Kier molecular flexibility index (Phi) is 6.23. The largest absolute Gasteiger partial charge is 0.0979 e. The van der Waals surface area contributed by atoms with Crippen molar-refractivity contribution in [1.29, 1.82) is 0 Å². The first-order chi connectivity index (χ1) is 8.35. The first-order valence-corrected chi connectivity index (χ1v) is 7.40. The lowest BCUT2D eigenvalue weighted by Crippen LogP contribution is -1.89. The Morgan fingerprint density at radius 1 is 0.941 bits per heavy atom. The highest BCUT2D eigenvalue weighted by molar-refractivity contribution is 8.14. The molecule has 1 aliphatic heterocycles. The van der Waals surface area contributed by atoms with E-state index in [4.69, 9.17) is 0 Å². The zero-order valence-electron chi connectivity index (χ0n) is 10.4. The summed E-state index contributed by atoms with van der Waals surface area (Å²) >= 11 is 3.54. The van der Waals surface area contributed by atoms with Gasteiger partial charge in [-0.15, -0.1) is 0 Å². The molecule has 0 aromatic heterocycles. The fraction of sp³-hybridized carbons (Fsp3) is 0.200. The molecule has 0 aromatic carbocycles. The van der Waals surface area contributed by atoms with E-state index in [2.05, 4.69) is 37.5 Å². The maximum absolute atomic E-state index is 3.84. The van der Waals surface area contributed by atoms with Gasteiger partial charge in [-0.25, -0.2) is 0 Å². The second-order valence-electron chi connectivity index (χ2n) is 3.11. The molecule has 0 amide bonds. The molecular weight excluding hydrogens is 244 g/mol. The Labute approximate surface area is 113 Å². The Morgan fingerprint density at radius 3 is 1.71 bits per heavy atom. The summed E-state index contributed by atoms with van der Waals surface area (Å²) in [6.07, 6.45) is 13.6. The quantitative estimate of drug-likeness (QED) is 0.616. The Morgan fingerprint density at radius 2 is 1.35 bits per heavy atom. The van der Waals surface area contributed by atoms with Gasteiger partial charge in [0.05, 0.1) is 0 Å². The van der Waals surface area contributed by atoms with Crippen LogP contribution in [0.1, 0.15) is 20.3 Å². The van der Waals surface area contributed by atoms with Crippen molar-refractivity contribution >= 4 is 23.5 Å². The molecule has 0 saturated heterocycles. The van der Waals surface area contributed by atoms with Crippen molar-refractivity contribution in [2.24, 2.45) is 0 Å². The third-order valence-electron chi connectivity index (χ3n) is 2.11. The van der Waals surface area contributed by atoms with E-state index in [0.29, 0.717) is 0 Å². The van der Waals surface area contributed by atoms with Crippen LogP contribution in [0.2, 0.25) is 0 Å². The van der Waals surface area contributed by atoms with E-state index in [0.717, 1.165) is 6.42 Å². The van der Waals surface area contributed by atoms with Crippen molar-refractivity contribution < 1.29 is 0 Å². The number of thioether (sulfide) groups is 2. The SMILES string of the molecule is C=CC1=C(C=C)SC2=C(C=CCC=C2)S1.CC. The maximum atomic E-state index is 3.84. The molecule has 1 aliphatic carbocycles. The molecule has 2 aliphatic rings. The van der Waals surface area contributed by atoms with Crippen molar-refractivity contribution in [3.63, 3.8) is 0 Å². The minimum atomic E-state index is 1.01. The predicted molar refractivity (Wildman–Crippen MR) is 83.9 cm³/mol. The van der Waals surface area contributed by atoms with Crippen molar-refractivity contribution in [1.82, 2.24) is 0 Å². The Bertz CT molecular complexity index is 382. The van der Waals surface area contributed by atoms with Gasteiger partial charge in [0.25, 0.3) is 0 Å². The van der Waals surface area contributed by atoms with Gasteiger partial charge in [-0.05, 0) is 6.42 Å². The monoisotopic (exact) mass is 262 g/mol. The molecule has 0 spiro atoms. The fourth-order valence-corrected chi connectivity index (χ4v) is 3.56. The van der Waals surface area contributed by atoms with Crippen LogP contribution in [0.3, 0.4) is 0 Å². The molecule has 0 N–H and O–H groups in total. The van der Waals surface area contributed by atoms with Gasteiger partial charge in [0.2, 0.25) is 0 Å². The smallest absolute Gasteiger partial charge is 0.0259 e. The molecule has 17 heavy (non-hydrogen) atoms. The van der Waals surface area contributed by atoms with Gasteiger partial charge in [-0.2, -0.15) is 0 Å². The van der Waals surface area contributed by atoms with E-state index < -0.39 is 0 Å². The summed E-state index contributed by atoms with van der Waals surface area (Å²) in [7, 11) is 0. The molecule has 0 aromatic rings. The lowest BCUT2D eigenvalue weighted by molar-refractivity contribution is 1.40. The molecular formula is C15H18S2. The third-order valence-corrected chi connectivity index (χ3v) is 4.73. The molecule has 0 radical (unpaired) electrons.